The number of carbonyl (C=O) groups is 1. The highest BCUT2D eigenvalue weighted by Gasteiger charge is 2.10. The number of carbonyl (C=O) groups excluding carboxylic acids is 1. The van der Waals surface area contributed by atoms with Gasteiger partial charge in [0.2, 0.25) is 0 Å². The average molecular weight is 279 g/mol. The number of benzene rings is 1. The van der Waals surface area contributed by atoms with Gasteiger partial charge in [0.25, 0.3) is 5.56 Å². The lowest BCUT2D eigenvalue weighted by Gasteiger charge is -2.16. The smallest absolute Gasteiger partial charge is 0.337 e. The van der Waals surface area contributed by atoms with E-state index in [0.717, 1.165) is 0 Å². The van der Waals surface area contributed by atoms with Crippen molar-refractivity contribution in [2.24, 2.45) is 0 Å². The Bertz CT molecular complexity index is 761. The fraction of sp³-hybridized carbons (Fsp3) is 0.250. The summed E-state index contributed by atoms with van der Waals surface area (Å²) in [4.78, 5) is 26.6. The van der Waals surface area contributed by atoms with E-state index in [-0.39, 0.29) is 10.3 Å². The van der Waals surface area contributed by atoms with Crippen molar-refractivity contribution in [1.82, 2.24) is 9.66 Å². The number of rotatable bonds is 2. The van der Waals surface area contributed by atoms with Crippen LogP contribution in [0, 0.1) is 4.77 Å². The topological polar surface area (TPSA) is 67.3 Å². The minimum atomic E-state index is -0.460. The maximum absolute atomic E-state index is 12.3. The number of ether oxygens (including phenoxy) is 1. The molecule has 2 rings (SSSR count). The van der Waals surface area contributed by atoms with Gasteiger partial charge in [-0.25, -0.2) is 4.79 Å². The molecule has 6 nitrogen and oxygen atoms in total. The molecule has 0 spiro atoms. The molecule has 1 aromatic carbocycles. The number of esters is 1. The molecule has 0 radical (unpaired) electrons. The van der Waals surface area contributed by atoms with Gasteiger partial charge in [-0.1, -0.05) is 0 Å². The predicted molar refractivity (Wildman–Crippen MR) is 74.8 cm³/mol. The number of hydrogen-bond acceptors (Lipinski definition) is 5. The van der Waals surface area contributed by atoms with Crippen LogP contribution in [0.2, 0.25) is 0 Å². The molecule has 0 saturated carbocycles. The molecule has 0 bridgehead atoms. The molecular formula is C12H13N3O3S. The van der Waals surface area contributed by atoms with Crippen LogP contribution >= 0.6 is 12.2 Å². The number of fused-ring (bicyclic) bond motifs is 1. The van der Waals surface area contributed by atoms with Crippen LogP contribution in [0.4, 0.5) is 0 Å². The van der Waals surface area contributed by atoms with E-state index in [1.54, 1.807) is 37.3 Å². The van der Waals surface area contributed by atoms with Crippen molar-refractivity contribution in [2.75, 3.05) is 26.2 Å². The zero-order valence-electron chi connectivity index (χ0n) is 10.8. The number of hydrogen-bond donors (Lipinski definition) is 1. The zero-order chi connectivity index (χ0) is 14.2. The van der Waals surface area contributed by atoms with E-state index >= 15 is 0 Å². The molecule has 1 aromatic heterocycles. The third-order valence-corrected chi connectivity index (χ3v) is 2.97. The van der Waals surface area contributed by atoms with Crippen LogP contribution in [0.5, 0.6) is 0 Å². The van der Waals surface area contributed by atoms with Gasteiger partial charge in [0.15, 0.2) is 4.77 Å². The molecular weight excluding hydrogens is 266 g/mol. The molecule has 0 aliphatic carbocycles. The number of aromatic amines is 1. The van der Waals surface area contributed by atoms with Crippen LogP contribution in [-0.2, 0) is 4.74 Å². The summed E-state index contributed by atoms with van der Waals surface area (Å²) in [6.45, 7) is 0. The Hall–Kier alpha value is -2.15. The first kappa shape index (κ1) is 13.3. The van der Waals surface area contributed by atoms with E-state index in [9.17, 15) is 9.59 Å². The lowest BCUT2D eigenvalue weighted by molar-refractivity contribution is 0.0601. The van der Waals surface area contributed by atoms with Crippen LogP contribution in [-0.4, -0.2) is 36.8 Å². The Morgan fingerprint density at radius 1 is 1.42 bits per heavy atom. The lowest BCUT2D eigenvalue weighted by Crippen LogP contribution is -2.37. The minimum absolute atomic E-state index is 0.236. The third-order valence-electron chi connectivity index (χ3n) is 2.70. The quantitative estimate of drug-likeness (QED) is 0.657. The van der Waals surface area contributed by atoms with Crippen LogP contribution < -0.4 is 10.6 Å². The van der Waals surface area contributed by atoms with Gasteiger partial charge in [-0.15, -0.1) is 0 Å². The molecule has 0 fully saturated rings. The van der Waals surface area contributed by atoms with Gasteiger partial charge in [0, 0.05) is 14.1 Å². The predicted octanol–water partition coefficient (Wildman–Crippen LogP) is 1.04. The van der Waals surface area contributed by atoms with E-state index in [4.69, 9.17) is 12.2 Å². The summed E-state index contributed by atoms with van der Waals surface area (Å²) in [6, 6.07) is 4.68. The second kappa shape index (κ2) is 4.85. The second-order valence-electron chi connectivity index (χ2n) is 4.15. The Balaban J connectivity index is 2.78. The normalized spacial score (nSPS) is 10.5. The minimum Gasteiger partial charge on any atom is -0.465 e. The summed E-state index contributed by atoms with van der Waals surface area (Å²) in [5, 5.41) is 2.05. The maximum atomic E-state index is 12.3. The highest BCUT2D eigenvalue weighted by Crippen LogP contribution is 2.11. The monoisotopic (exact) mass is 279 g/mol. The molecule has 1 heterocycles. The van der Waals surface area contributed by atoms with Crippen molar-refractivity contribution in [3.05, 3.63) is 38.9 Å². The molecule has 0 atom stereocenters. The summed E-state index contributed by atoms with van der Waals surface area (Å²) in [5.74, 6) is -0.460. The van der Waals surface area contributed by atoms with E-state index in [1.165, 1.54) is 11.8 Å². The fourth-order valence-corrected chi connectivity index (χ4v) is 2.17. The van der Waals surface area contributed by atoms with Crippen molar-refractivity contribution in [3.8, 4) is 0 Å². The summed E-state index contributed by atoms with van der Waals surface area (Å²) < 4.78 is 6.25. The van der Waals surface area contributed by atoms with Crippen molar-refractivity contribution >= 4 is 29.1 Å². The summed E-state index contributed by atoms with van der Waals surface area (Å²) >= 11 is 5.13. The van der Waals surface area contributed by atoms with Crippen molar-refractivity contribution in [2.45, 2.75) is 0 Å². The van der Waals surface area contributed by atoms with Crippen LogP contribution in [0.3, 0.4) is 0 Å². The Kier molecular flexibility index (Phi) is 3.39. The Morgan fingerprint density at radius 3 is 2.68 bits per heavy atom. The summed E-state index contributed by atoms with van der Waals surface area (Å²) in [6.07, 6.45) is 0. The van der Waals surface area contributed by atoms with Crippen molar-refractivity contribution < 1.29 is 9.53 Å². The van der Waals surface area contributed by atoms with Crippen LogP contribution in [0.1, 0.15) is 10.4 Å². The zero-order valence-corrected chi connectivity index (χ0v) is 11.6. The molecule has 0 unspecified atom stereocenters. The van der Waals surface area contributed by atoms with Crippen molar-refractivity contribution in [3.63, 3.8) is 0 Å². The van der Waals surface area contributed by atoms with E-state index in [1.807, 2.05) is 0 Å². The molecule has 0 saturated heterocycles. The second-order valence-corrected chi connectivity index (χ2v) is 4.53. The third kappa shape index (κ3) is 2.24. The standard InChI is InChI=1S/C12H13N3O3S/c1-14(2)15-10(16)8-5-4-7(11(17)18-3)6-9(8)13-12(15)19/h4-6H,1-3H3,(H,13,19). The number of nitrogens with one attached hydrogen (secondary N) is 1. The first-order valence-electron chi connectivity index (χ1n) is 5.50. The SMILES string of the molecule is COC(=O)c1ccc2c(=O)n(N(C)C)c(=S)[nH]c2c1. The molecule has 0 aliphatic heterocycles. The van der Waals surface area contributed by atoms with Gasteiger partial charge in [-0.05, 0) is 30.4 Å². The van der Waals surface area contributed by atoms with Gasteiger partial charge in [-0.2, -0.15) is 4.68 Å². The molecule has 100 valence electrons. The molecule has 7 heteroatoms. The van der Waals surface area contributed by atoms with Crippen molar-refractivity contribution in [1.29, 1.82) is 0 Å². The number of nitrogens with zero attached hydrogens (tertiary/aromatic N) is 2. The van der Waals surface area contributed by atoms with Crippen LogP contribution in [0.15, 0.2) is 23.0 Å². The van der Waals surface area contributed by atoms with Gasteiger partial charge in [0.05, 0.1) is 23.6 Å². The van der Waals surface area contributed by atoms with Gasteiger partial charge >= 0.3 is 5.97 Å². The fourth-order valence-electron chi connectivity index (χ4n) is 1.82. The van der Waals surface area contributed by atoms with Gasteiger partial charge < -0.3 is 14.7 Å². The molecule has 19 heavy (non-hydrogen) atoms. The number of methoxy groups -OCH3 is 1. The van der Waals surface area contributed by atoms with Gasteiger partial charge in [-0.3, -0.25) is 4.79 Å². The van der Waals surface area contributed by atoms with E-state index < -0.39 is 5.97 Å². The lowest BCUT2D eigenvalue weighted by atomic mass is 10.1. The van der Waals surface area contributed by atoms with Crippen LogP contribution in [0.25, 0.3) is 10.9 Å². The number of aromatic nitrogens is 2. The highest BCUT2D eigenvalue weighted by molar-refractivity contribution is 7.71. The first-order chi connectivity index (χ1) is 8.95. The summed E-state index contributed by atoms with van der Waals surface area (Å²) in [5.41, 5.74) is 0.638. The Morgan fingerprint density at radius 2 is 2.11 bits per heavy atom. The van der Waals surface area contributed by atoms with Gasteiger partial charge in [0.1, 0.15) is 0 Å². The molecule has 0 amide bonds. The molecule has 1 N–H and O–H groups in total. The summed E-state index contributed by atoms with van der Waals surface area (Å²) in [7, 11) is 4.75. The first-order valence-corrected chi connectivity index (χ1v) is 5.91. The molecule has 0 aliphatic rings. The molecule has 2 aromatic rings. The Labute approximate surface area is 114 Å². The van der Waals surface area contributed by atoms with E-state index in [0.29, 0.717) is 16.5 Å². The largest absolute Gasteiger partial charge is 0.465 e. The number of H-pyrrole nitrogens is 1. The highest BCUT2D eigenvalue weighted by atomic mass is 32.1. The van der Waals surface area contributed by atoms with E-state index in [2.05, 4.69) is 9.72 Å². The maximum Gasteiger partial charge on any atom is 0.337 e. The average Bonchev–Trinajstić information content (AvgIpc) is 2.36.